The number of carbonyl (C=O) groups is 1. The number of rotatable bonds is 5. The van der Waals surface area contributed by atoms with Crippen molar-refractivity contribution in [3.63, 3.8) is 0 Å². The molecule has 0 aliphatic heterocycles. The SMILES string of the molecule is CC1=CCC(CCCCCl)(C(=O)O)CC1. The summed E-state index contributed by atoms with van der Waals surface area (Å²) in [6.45, 7) is 2.07. The third-order valence-electron chi connectivity index (χ3n) is 3.33. The Balaban J connectivity index is 2.60. The van der Waals surface area contributed by atoms with Crippen LogP contribution >= 0.6 is 11.6 Å². The Morgan fingerprint density at radius 3 is 2.80 bits per heavy atom. The molecule has 15 heavy (non-hydrogen) atoms. The van der Waals surface area contributed by atoms with Gasteiger partial charge in [-0.2, -0.15) is 0 Å². The van der Waals surface area contributed by atoms with Crippen LogP contribution in [-0.2, 0) is 4.79 Å². The normalized spacial score (nSPS) is 26.1. The van der Waals surface area contributed by atoms with Crippen molar-refractivity contribution in [1.82, 2.24) is 0 Å². The Hall–Kier alpha value is -0.500. The molecule has 1 atom stereocenters. The Morgan fingerprint density at radius 2 is 2.33 bits per heavy atom. The van der Waals surface area contributed by atoms with E-state index in [1.807, 2.05) is 0 Å². The summed E-state index contributed by atoms with van der Waals surface area (Å²) < 4.78 is 0. The minimum absolute atomic E-state index is 0.508. The highest BCUT2D eigenvalue weighted by Gasteiger charge is 2.38. The molecule has 1 rings (SSSR count). The van der Waals surface area contributed by atoms with Crippen LogP contribution in [0.1, 0.15) is 45.4 Å². The molecule has 0 spiro atoms. The average molecular weight is 231 g/mol. The highest BCUT2D eigenvalue weighted by molar-refractivity contribution is 6.17. The minimum Gasteiger partial charge on any atom is -0.481 e. The summed E-state index contributed by atoms with van der Waals surface area (Å²) in [6.07, 6.45) is 7.08. The van der Waals surface area contributed by atoms with E-state index in [2.05, 4.69) is 13.0 Å². The van der Waals surface area contributed by atoms with Crippen molar-refractivity contribution >= 4 is 17.6 Å². The van der Waals surface area contributed by atoms with Crippen molar-refractivity contribution in [2.45, 2.75) is 45.4 Å². The number of alkyl halides is 1. The molecule has 1 aliphatic carbocycles. The molecule has 0 radical (unpaired) electrons. The second-order valence-corrected chi connectivity index (χ2v) is 4.86. The molecule has 0 saturated carbocycles. The number of unbranched alkanes of at least 4 members (excludes halogenated alkanes) is 1. The van der Waals surface area contributed by atoms with E-state index in [1.165, 1.54) is 5.57 Å². The fourth-order valence-electron chi connectivity index (χ4n) is 2.10. The zero-order chi connectivity index (χ0) is 11.3. The Labute approximate surface area is 96.3 Å². The fourth-order valence-corrected chi connectivity index (χ4v) is 2.29. The molecule has 0 aromatic carbocycles. The number of carboxylic acid groups (broad SMARTS) is 1. The lowest BCUT2D eigenvalue weighted by molar-refractivity contribution is -0.150. The summed E-state index contributed by atoms with van der Waals surface area (Å²) in [5.41, 5.74) is 0.815. The number of hydrogen-bond acceptors (Lipinski definition) is 1. The maximum Gasteiger partial charge on any atom is 0.309 e. The smallest absolute Gasteiger partial charge is 0.309 e. The summed E-state index contributed by atoms with van der Waals surface area (Å²) in [6, 6.07) is 0. The van der Waals surface area contributed by atoms with Gasteiger partial charge in [0.15, 0.2) is 0 Å². The first-order valence-electron chi connectivity index (χ1n) is 5.56. The second kappa shape index (κ2) is 5.55. The van der Waals surface area contributed by atoms with Crippen molar-refractivity contribution in [1.29, 1.82) is 0 Å². The van der Waals surface area contributed by atoms with E-state index in [9.17, 15) is 9.90 Å². The molecule has 1 aliphatic rings. The van der Waals surface area contributed by atoms with Crippen LogP contribution in [-0.4, -0.2) is 17.0 Å². The Bertz CT molecular complexity index is 260. The fraction of sp³-hybridized carbons (Fsp3) is 0.750. The molecular weight excluding hydrogens is 212 g/mol. The summed E-state index contributed by atoms with van der Waals surface area (Å²) in [4.78, 5) is 11.3. The van der Waals surface area contributed by atoms with Crippen molar-refractivity contribution in [2.24, 2.45) is 5.41 Å². The summed E-state index contributed by atoms with van der Waals surface area (Å²) in [5, 5.41) is 9.31. The van der Waals surface area contributed by atoms with Gasteiger partial charge in [-0.3, -0.25) is 4.79 Å². The van der Waals surface area contributed by atoms with E-state index in [0.29, 0.717) is 12.3 Å². The molecule has 0 bridgehead atoms. The van der Waals surface area contributed by atoms with Gasteiger partial charge < -0.3 is 5.11 Å². The van der Waals surface area contributed by atoms with Crippen LogP contribution < -0.4 is 0 Å². The van der Waals surface area contributed by atoms with Crippen molar-refractivity contribution in [3.8, 4) is 0 Å². The third-order valence-corrected chi connectivity index (χ3v) is 3.60. The monoisotopic (exact) mass is 230 g/mol. The first kappa shape index (κ1) is 12.6. The molecule has 0 aromatic heterocycles. The maximum absolute atomic E-state index is 11.3. The Kier molecular flexibility index (Phi) is 4.65. The van der Waals surface area contributed by atoms with E-state index in [-0.39, 0.29) is 0 Å². The third kappa shape index (κ3) is 3.23. The first-order valence-corrected chi connectivity index (χ1v) is 6.09. The zero-order valence-corrected chi connectivity index (χ0v) is 10.0. The van der Waals surface area contributed by atoms with Crippen molar-refractivity contribution in [3.05, 3.63) is 11.6 Å². The molecule has 3 heteroatoms. The van der Waals surface area contributed by atoms with Crippen LogP contribution in [0, 0.1) is 5.41 Å². The van der Waals surface area contributed by atoms with Gasteiger partial charge in [0.2, 0.25) is 0 Å². The first-order chi connectivity index (χ1) is 7.10. The molecular formula is C12H19ClO2. The molecule has 2 nitrogen and oxygen atoms in total. The van der Waals surface area contributed by atoms with Crippen molar-refractivity contribution < 1.29 is 9.90 Å². The molecule has 0 aromatic rings. The van der Waals surface area contributed by atoms with E-state index in [0.717, 1.165) is 32.1 Å². The topological polar surface area (TPSA) is 37.3 Å². The average Bonchev–Trinajstić information content (AvgIpc) is 2.21. The van der Waals surface area contributed by atoms with Crippen LogP contribution in [0.4, 0.5) is 0 Å². The largest absolute Gasteiger partial charge is 0.481 e. The van der Waals surface area contributed by atoms with Crippen LogP contribution in [0.25, 0.3) is 0 Å². The van der Waals surface area contributed by atoms with Gasteiger partial charge in [-0.15, -0.1) is 11.6 Å². The lowest BCUT2D eigenvalue weighted by Gasteiger charge is -2.32. The van der Waals surface area contributed by atoms with Gasteiger partial charge in [0.25, 0.3) is 0 Å². The van der Waals surface area contributed by atoms with Gasteiger partial charge in [0.1, 0.15) is 0 Å². The van der Waals surface area contributed by atoms with Crippen LogP contribution in [0.3, 0.4) is 0 Å². The highest BCUT2D eigenvalue weighted by atomic mass is 35.5. The predicted octanol–water partition coefficient (Wildman–Crippen LogP) is 3.60. The van der Waals surface area contributed by atoms with E-state index in [1.54, 1.807) is 0 Å². The maximum atomic E-state index is 11.3. The zero-order valence-electron chi connectivity index (χ0n) is 9.26. The van der Waals surface area contributed by atoms with Gasteiger partial charge in [-0.05, 0) is 39.0 Å². The summed E-state index contributed by atoms with van der Waals surface area (Å²) >= 11 is 5.61. The van der Waals surface area contributed by atoms with Crippen LogP contribution in [0.2, 0.25) is 0 Å². The quantitative estimate of drug-likeness (QED) is 0.445. The number of aliphatic carboxylic acids is 1. The van der Waals surface area contributed by atoms with Gasteiger partial charge in [-0.25, -0.2) is 0 Å². The number of halogens is 1. The van der Waals surface area contributed by atoms with Crippen LogP contribution in [0.5, 0.6) is 0 Å². The molecule has 0 saturated heterocycles. The summed E-state index contributed by atoms with van der Waals surface area (Å²) in [7, 11) is 0. The lowest BCUT2D eigenvalue weighted by atomic mass is 9.72. The predicted molar refractivity (Wildman–Crippen MR) is 62.2 cm³/mol. The second-order valence-electron chi connectivity index (χ2n) is 4.49. The molecule has 1 unspecified atom stereocenters. The molecule has 0 amide bonds. The minimum atomic E-state index is -0.638. The van der Waals surface area contributed by atoms with E-state index < -0.39 is 11.4 Å². The number of carboxylic acids is 1. The van der Waals surface area contributed by atoms with Gasteiger partial charge in [0.05, 0.1) is 5.41 Å². The van der Waals surface area contributed by atoms with Gasteiger partial charge in [0, 0.05) is 5.88 Å². The standard InChI is InChI=1S/C12H19ClO2/c1-10-4-7-12(8-5-10,11(14)15)6-2-3-9-13/h4H,2-3,5-9H2,1H3,(H,14,15). The molecule has 0 fully saturated rings. The Morgan fingerprint density at radius 1 is 1.60 bits per heavy atom. The van der Waals surface area contributed by atoms with E-state index >= 15 is 0 Å². The molecule has 1 N–H and O–H groups in total. The highest BCUT2D eigenvalue weighted by Crippen LogP contribution is 2.40. The van der Waals surface area contributed by atoms with Crippen molar-refractivity contribution in [2.75, 3.05) is 5.88 Å². The summed E-state index contributed by atoms with van der Waals surface area (Å²) in [5.74, 6) is -0.00860. The van der Waals surface area contributed by atoms with Crippen LogP contribution in [0.15, 0.2) is 11.6 Å². The van der Waals surface area contributed by atoms with E-state index in [4.69, 9.17) is 11.6 Å². The molecule has 0 heterocycles. The van der Waals surface area contributed by atoms with Gasteiger partial charge in [-0.1, -0.05) is 18.1 Å². The lowest BCUT2D eigenvalue weighted by Crippen LogP contribution is -2.32. The molecule has 86 valence electrons. The number of allylic oxidation sites excluding steroid dienone is 2. The van der Waals surface area contributed by atoms with Gasteiger partial charge >= 0.3 is 5.97 Å². The number of hydrogen-bond donors (Lipinski definition) is 1.